The Morgan fingerprint density at radius 2 is 1.67 bits per heavy atom. The number of aryl methyl sites for hydroxylation is 1. The van der Waals surface area contributed by atoms with Crippen LogP contribution in [0.2, 0.25) is 0 Å². The van der Waals surface area contributed by atoms with Gasteiger partial charge in [-0.2, -0.15) is 4.98 Å². The predicted molar refractivity (Wildman–Crippen MR) is 104 cm³/mol. The summed E-state index contributed by atoms with van der Waals surface area (Å²) in [6, 6.07) is 16.4. The second kappa shape index (κ2) is 8.18. The van der Waals surface area contributed by atoms with Gasteiger partial charge in [-0.1, -0.05) is 12.1 Å². The summed E-state index contributed by atoms with van der Waals surface area (Å²) in [4.78, 5) is 20.6. The molecule has 2 aromatic carbocycles. The molecule has 0 atom stereocenters. The number of hydrogen-bond acceptors (Lipinski definition) is 7. The number of methoxy groups -OCH3 is 2. The lowest BCUT2D eigenvalue weighted by Crippen LogP contribution is -2.04. The largest absolute Gasteiger partial charge is 0.497 e. The number of carbonyl (C=O) groups excluding carboxylic acids is 1. The topological polar surface area (TPSA) is 85.4 Å². The number of hydrogen-bond donors (Lipinski definition) is 2. The molecule has 0 spiro atoms. The van der Waals surface area contributed by atoms with Crippen molar-refractivity contribution in [2.75, 3.05) is 24.9 Å². The number of anilines is 4. The van der Waals surface area contributed by atoms with E-state index < -0.39 is 5.97 Å². The van der Waals surface area contributed by atoms with E-state index in [2.05, 4.69) is 20.6 Å². The fourth-order valence-electron chi connectivity index (χ4n) is 2.51. The summed E-state index contributed by atoms with van der Waals surface area (Å²) in [6.45, 7) is 1.88. The molecule has 0 aliphatic carbocycles. The van der Waals surface area contributed by atoms with E-state index >= 15 is 0 Å². The van der Waals surface area contributed by atoms with Gasteiger partial charge in [0.25, 0.3) is 0 Å². The number of carbonyl (C=O) groups is 1. The molecule has 1 aromatic heterocycles. The molecule has 0 saturated carbocycles. The summed E-state index contributed by atoms with van der Waals surface area (Å²) in [5.41, 5.74) is 2.80. The van der Waals surface area contributed by atoms with Crippen LogP contribution in [0.5, 0.6) is 5.75 Å². The van der Waals surface area contributed by atoms with Crippen molar-refractivity contribution in [3.8, 4) is 5.75 Å². The van der Waals surface area contributed by atoms with Crippen LogP contribution >= 0.6 is 0 Å². The fraction of sp³-hybridized carbons (Fsp3) is 0.150. The SMILES string of the molecule is COC(=O)c1cccc(Nc2cc(C)nc(Nc3cccc(OC)c3)n2)c1. The molecular formula is C20H20N4O3. The molecule has 138 valence electrons. The highest BCUT2D eigenvalue weighted by Gasteiger charge is 2.08. The minimum absolute atomic E-state index is 0.391. The van der Waals surface area contributed by atoms with Crippen molar-refractivity contribution in [1.29, 1.82) is 0 Å². The molecule has 0 saturated heterocycles. The zero-order chi connectivity index (χ0) is 19.2. The van der Waals surface area contributed by atoms with Crippen molar-refractivity contribution >= 4 is 29.1 Å². The van der Waals surface area contributed by atoms with Gasteiger partial charge in [0.15, 0.2) is 0 Å². The molecule has 7 nitrogen and oxygen atoms in total. The standard InChI is InChI=1S/C20H20N4O3/c1-13-10-18(22-15-7-4-6-14(11-15)19(25)27-3)24-20(21-13)23-16-8-5-9-17(12-16)26-2/h4-12H,1-3H3,(H2,21,22,23,24). The Hall–Kier alpha value is -3.61. The zero-order valence-corrected chi connectivity index (χ0v) is 15.3. The summed E-state index contributed by atoms with van der Waals surface area (Å²) in [5.74, 6) is 1.41. The second-order valence-electron chi connectivity index (χ2n) is 5.77. The van der Waals surface area contributed by atoms with Gasteiger partial charge < -0.3 is 20.1 Å². The summed E-state index contributed by atoms with van der Waals surface area (Å²) in [7, 11) is 2.97. The fourth-order valence-corrected chi connectivity index (χ4v) is 2.51. The Morgan fingerprint density at radius 1 is 0.926 bits per heavy atom. The van der Waals surface area contributed by atoms with Crippen molar-refractivity contribution < 1.29 is 14.3 Å². The minimum atomic E-state index is -0.391. The summed E-state index contributed by atoms with van der Waals surface area (Å²) >= 11 is 0. The third kappa shape index (κ3) is 4.72. The van der Waals surface area contributed by atoms with Crippen LogP contribution in [0.1, 0.15) is 16.1 Å². The van der Waals surface area contributed by atoms with Gasteiger partial charge in [-0.3, -0.25) is 0 Å². The Labute approximate surface area is 157 Å². The first-order valence-corrected chi connectivity index (χ1v) is 8.29. The normalized spacial score (nSPS) is 10.2. The van der Waals surface area contributed by atoms with Crippen LogP contribution in [0.25, 0.3) is 0 Å². The molecule has 0 amide bonds. The van der Waals surface area contributed by atoms with Gasteiger partial charge in [-0.25, -0.2) is 9.78 Å². The van der Waals surface area contributed by atoms with E-state index in [9.17, 15) is 4.79 Å². The Morgan fingerprint density at radius 3 is 2.41 bits per heavy atom. The molecular weight excluding hydrogens is 344 g/mol. The van der Waals surface area contributed by atoms with Gasteiger partial charge in [-0.15, -0.1) is 0 Å². The van der Waals surface area contributed by atoms with Crippen LogP contribution in [0.4, 0.5) is 23.1 Å². The molecule has 3 aromatic rings. The van der Waals surface area contributed by atoms with E-state index in [4.69, 9.17) is 9.47 Å². The number of nitrogens with one attached hydrogen (secondary N) is 2. The zero-order valence-electron chi connectivity index (χ0n) is 15.3. The van der Waals surface area contributed by atoms with Crippen molar-refractivity contribution in [3.63, 3.8) is 0 Å². The molecule has 7 heteroatoms. The molecule has 27 heavy (non-hydrogen) atoms. The molecule has 0 unspecified atom stereocenters. The van der Waals surface area contributed by atoms with Crippen molar-refractivity contribution in [2.24, 2.45) is 0 Å². The smallest absolute Gasteiger partial charge is 0.337 e. The first-order chi connectivity index (χ1) is 13.1. The number of esters is 1. The van der Waals surface area contributed by atoms with E-state index in [1.54, 1.807) is 25.3 Å². The predicted octanol–water partition coefficient (Wildman–Crippen LogP) is 4.07. The van der Waals surface area contributed by atoms with Gasteiger partial charge >= 0.3 is 5.97 Å². The van der Waals surface area contributed by atoms with Gasteiger partial charge in [0.2, 0.25) is 5.95 Å². The van der Waals surface area contributed by atoms with Crippen LogP contribution in [0, 0.1) is 6.92 Å². The monoisotopic (exact) mass is 364 g/mol. The van der Waals surface area contributed by atoms with Gasteiger partial charge in [-0.05, 0) is 37.3 Å². The average molecular weight is 364 g/mol. The molecule has 3 rings (SSSR count). The van der Waals surface area contributed by atoms with Crippen LogP contribution in [-0.4, -0.2) is 30.2 Å². The summed E-state index contributed by atoms with van der Waals surface area (Å²) in [5, 5.41) is 6.36. The lowest BCUT2D eigenvalue weighted by Gasteiger charge is -2.11. The molecule has 0 bridgehead atoms. The number of rotatable bonds is 6. The van der Waals surface area contributed by atoms with Gasteiger partial charge in [0, 0.05) is 29.2 Å². The van der Waals surface area contributed by atoms with Crippen LogP contribution in [0.15, 0.2) is 54.6 Å². The van der Waals surface area contributed by atoms with Crippen molar-refractivity contribution in [3.05, 3.63) is 65.9 Å². The van der Waals surface area contributed by atoms with E-state index in [0.717, 1.165) is 22.8 Å². The van der Waals surface area contributed by atoms with E-state index in [-0.39, 0.29) is 0 Å². The van der Waals surface area contributed by atoms with Crippen molar-refractivity contribution in [2.45, 2.75) is 6.92 Å². The lowest BCUT2D eigenvalue weighted by molar-refractivity contribution is 0.0601. The van der Waals surface area contributed by atoms with Crippen LogP contribution < -0.4 is 15.4 Å². The van der Waals surface area contributed by atoms with Crippen LogP contribution in [0.3, 0.4) is 0 Å². The lowest BCUT2D eigenvalue weighted by atomic mass is 10.2. The maximum Gasteiger partial charge on any atom is 0.337 e. The Bertz CT molecular complexity index is 959. The van der Waals surface area contributed by atoms with Gasteiger partial charge in [0.05, 0.1) is 19.8 Å². The number of nitrogens with zero attached hydrogens (tertiary/aromatic N) is 2. The first-order valence-electron chi connectivity index (χ1n) is 8.29. The van der Waals surface area contributed by atoms with Crippen LogP contribution in [-0.2, 0) is 4.74 Å². The third-order valence-corrected chi connectivity index (χ3v) is 3.74. The summed E-state index contributed by atoms with van der Waals surface area (Å²) in [6.07, 6.45) is 0. The molecule has 0 radical (unpaired) electrons. The minimum Gasteiger partial charge on any atom is -0.497 e. The second-order valence-corrected chi connectivity index (χ2v) is 5.77. The van der Waals surface area contributed by atoms with E-state index in [1.807, 2.05) is 43.3 Å². The highest BCUT2D eigenvalue weighted by atomic mass is 16.5. The van der Waals surface area contributed by atoms with Gasteiger partial charge in [0.1, 0.15) is 11.6 Å². The maximum atomic E-state index is 11.7. The highest BCUT2D eigenvalue weighted by molar-refractivity contribution is 5.90. The quantitative estimate of drug-likeness (QED) is 0.638. The van der Waals surface area contributed by atoms with E-state index in [0.29, 0.717) is 17.3 Å². The Balaban J connectivity index is 1.82. The molecule has 1 heterocycles. The van der Waals surface area contributed by atoms with Crippen molar-refractivity contribution in [1.82, 2.24) is 9.97 Å². The summed E-state index contributed by atoms with van der Waals surface area (Å²) < 4.78 is 9.98. The average Bonchev–Trinajstić information content (AvgIpc) is 2.67. The maximum absolute atomic E-state index is 11.7. The van der Waals surface area contributed by atoms with E-state index in [1.165, 1.54) is 7.11 Å². The number of aromatic nitrogens is 2. The third-order valence-electron chi connectivity index (χ3n) is 3.74. The Kier molecular flexibility index (Phi) is 5.51. The number of benzene rings is 2. The highest BCUT2D eigenvalue weighted by Crippen LogP contribution is 2.22. The number of ether oxygens (including phenoxy) is 2. The molecule has 0 fully saturated rings. The molecule has 0 aliphatic rings. The first kappa shape index (κ1) is 18.2. The molecule has 2 N–H and O–H groups in total. The molecule has 0 aliphatic heterocycles.